The van der Waals surface area contributed by atoms with Gasteiger partial charge in [0.1, 0.15) is 18.2 Å². The standard InChI is InChI=1S/C24H38ClN3O6/c1-16(2)20(21(29)30)27-14-18(28-23(32)34-24(3,4)5)11-8-9-13-26-22(31)33-15-17-10-6-7-12-19(17)25/h6-7,10,12,16,18,20,27H,8-9,11,13-15H2,1-5H3,(H,26,31)(H,28,32)(H,29,30)/t18-,20-/m0/s1. The van der Waals surface area contributed by atoms with Crippen LogP contribution in [0.1, 0.15) is 59.4 Å². The van der Waals surface area contributed by atoms with E-state index < -0.39 is 29.8 Å². The van der Waals surface area contributed by atoms with E-state index in [-0.39, 0.29) is 25.1 Å². The second kappa shape index (κ2) is 14.7. The van der Waals surface area contributed by atoms with Gasteiger partial charge in [0.2, 0.25) is 0 Å². The molecule has 1 rings (SSSR count). The highest BCUT2D eigenvalue weighted by Gasteiger charge is 2.24. The Morgan fingerprint density at radius 3 is 2.35 bits per heavy atom. The molecule has 0 bridgehead atoms. The SMILES string of the molecule is CC(C)[C@H](NC[C@H](CCCCNC(=O)OCc1ccccc1Cl)NC(=O)OC(C)(C)C)C(=O)O. The summed E-state index contributed by atoms with van der Waals surface area (Å²) in [5.41, 5.74) is 0.0849. The predicted octanol–water partition coefficient (Wildman–Crippen LogP) is 4.33. The normalized spacial score (nSPS) is 13.1. The molecule has 10 heteroatoms. The fraction of sp³-hybridized carbons (Fsp3) is 0.625. The summed E-state index contributed by atoms with van der Waals surface area (Å²) in [4.78, 5) is 35.6. The highest BCUT2D eigenvalue weighted by atomic mass is 35.5. The van der Waals surface area contributed by atoms with Gasteiger partial charge >= 0.3 is 18.2 Å². The maximum atomic E-state index is 12.2. The number of carbonyl (C=O) groups is 3. The molecule has 0 aromatic heterocycles. The average Bonchev–Trinajstić information content (AvgIpc) is 2.70. The number of benzene rings is 1. The summed E-state index contributed by atoms with van der Waals surface area (Å²) in [6, 6.07) is 6.08. The van der Waals surface area contributed by atoms with E-state index in [2.05, 4.69) is 16.0 Å². The van der Waals surface area contributed by atoms with Gasteiger partial charge < -0.3 is 30.5 Å². The van der Waals surface area contributed by atoms with Gasteiger partial charge in [-0.15, -0.1) is 0 Å². The maximum absolute atomic E-state index is 12.2. The van der Waals surface area contributed by atoms with Crippen molar-refractivity contribution in [2.24, 2.45) is 5.92 Å². The second-order valence-corrected chi connectivity index (χ2v) is 9.81. The molecule has 192 valence electrons. The lowest BCUT2D eigenvalue weighted by Crippen LogP contribution is -2.49. The Labute approximate surface area is 206 Å². The van der Waals surface area contributed by atoms with E-state index in [9.17, 15) is 19.5 Å². The number of hydrogen-bond acceptors (Lipinski definition) is 6. The number of hydrogen-bond donors (Lipinski definition) is 4. The quantitative estimate of drug-likeness (QED) is 0.297. The van der Waals surface area contributed by atoms with Gasteiger partial charge in [-0.25, -0.2) is 9.59 Å². The van der Waals surface area contributed by atoms with Crippen LogP contribution < -0.4 is 16.0 Å². The van der Waals surface area contributed by atoms with Gasteiger partial charge in [0.25, 0.3) is 0 Å². The van der Waals surface area contributed by atoms with Gasteiger partial charge in [0.05, 0.1) is 0 Å². The molecular weight excluding hydrogens is 462 g/mol. The summed E-state index contributed by atoms with van der Waals surface area (Å²) in [5.74, 6) is -1.05. The topological polar surface area (TPSA) is 126 Å². The smallest absolute Gasteiger partial charge is 0.407 e. The summed E-state index contributed by atoms with van der Waals surface area (Å²) < 4.78 is 10.5. The van der Waals surface area contributed by atoms with Gasteiger partial charge in [-0.3, -0.25) is 4.79 Å². The number of aliphatic carboxylic acids is 1. The molecule has 2 amide bonds. The Hall–Kier alpha value is -2.52. The predicted molar refractivity (Wildman–Crippen MR) is 131 cm³/mol. The van der Waals surface area contributed by atoms with Crippen molar-refractivity contribution in [2.75, 3.05) is 13.1 Å². The minimum absolute atomic E-state index is 0.0830. The van der Waals surface area contributed by atoms with Crippen molar-refractivity contribution in [3.63, 3.8) is 0 Å². The van der Waals surface area contributed by atoms with Crippen molar-refractivity contribution in [1.29, 1.82) is 0 Å². The Kier molecular flexibility index (Phi) is 12.7. The van der Waals surface area contributed by atoms with Crippen molar-refractivity contribution in [3.05, 3.63) is 34.9 Å². The number of rotatable bonds is 13. The number of halogens is 1. The fourth-order valence-electron chi connectivity index (χ4n) is 3.09. The molecule has 9 nitrogen and oxygen atoms in total. The number of carboxylic acid groups (broad SMARTS) is 1. The van der Waals surface area contributed by atoms with Gasteiger partial charge in [-0.05, 0) is 52.0 Å². The molecule has 0 saturated carbocycles. The lowest BCUT2D eigenvalue weighted by atomic mass is 10.0. The lowest BCUT2D eigenvalue weighted by molar-refractivity contribution is -0.140. The van der Waals surface area contributed by atoms with Crippen LogP contribution in [0.25, 0.3) is 0 Å². The molecule has 0 radical (unpaired) electrons. The summed E-state index contributed by atoms with van der Waals surface area (Å²) in [6.45, 7) is 9.72. The van der Waals surface area contributed by atoms with E-state index in [4.69, 9.17) is 21.1 Å². The van der Waals surface area contributed by atoms with E-state index in [1.807, 2.05) is 19.9 Å². The molecule has 0 heterocycles. The van der Waals surface area contributed by atoms with Gasteiger partial charge in [-0.1, -0.05) is 43.6 Å². The van der Waals surface area contributed by atoms with Crippen molar-refractivity contribution in [2.45, 2.75) is 78.2 Å². The molecule has 2 atom stereocenters. The lowest BCUT2D eigenvalue weighted by Gasteiger charge is -2.26. The first-order valence-electron chi connectivity index (χ1n) is 11.5. The van der Waals surface area contributed by atoms with Crippen molar-refractivity contribution in [3.8, 4) is 0 Å². The first kappa shape index (κ1) is 29.5. The average molecular weight is 500 g/mol. The van der Waals surface area contributed by atoms with Crippen LogP contribution in [0.3, 0.4) is 0 Å². The van der Waals surface area contributed by atoms with Crippen LogP contribution in [0.2, 0.25) is 5.02 Å². The highest BCUT2D eigenvalue weighted by molar-refractivity contribution is 6.31. The number of carbonyl (C=O) groups excluding carboxylic acids is 2. The second-order valence-electron chi connectivity index (χ2n) is 9.40. The van der Waals surface area contributed by atoms with Crippen molar-refractivity contribution < 1.29 is 29.0 Å². The zero-order valence-electron chi connectivity index (χ0n) is 20.7. The van der Waals surface area contributed by atoms with Gasteiger partial charge in [-0.2, -0.15) is 0 Å². The molecule has 0 saturated heterocycles. The zero-order valence-corrected chi connectivity index (χ0v) is 21.4. The molecule has 0 aliphatic heterocycles. The Morgan fingerprint density at radius 1 is 1.09 bits per heavy atom. The highest BCUT2D eigenvalue weighted by Crippen LogP contribution is 2.15. The molecule has 34 heavy (non-hydrogen) atoms. The van der Waals surface area contributed by atoms with E-state index in [0.717, 1.165) is 5.56 Å². The summed E-state index contributed by atoms with van der Waals surface area (Å²) >= 11 is 6.05. The summed E-state index contributed by atoms with van der Waals surface area (Å²) in [5, 5.41) is 18.4. The summed E-state index contributed by atoms with van der Waals surface area (Å²) in [6.07, 6.45) is 0.822. The largest absolute Gasteiger partial charge is 0.480 e. The zero-order chi connectivity index (χ0) is 25.7. The summed E-state index contributed by atoms with van der Waals surface area (Å²) in [7, 11) is 0. The van der Waals surface area contributed by atoms with E-state index in [1.54, 1.807) is 39.0 Å². The molecule has 0 unspecified atom stereocenters. The third-order valence-electron chi connectivity index (χ3n) is 4.80. The molecule has 0 fully saturated rings. The number of ether oxygens (including phenoxy) is 2. The Balaban J connectivity index is 2.46. The molecule has 4 N–H and O–H groups in total. The number of unbranched alkanes of at least 4 members (excludes halogenated alkanes) is 1. The van der Waals surface area contributed by atoms with Gasteiger partial charge in [0, 0.05) is 29.7 Å². The maximum Gasteiger partial charge on any atom is 0.407 e. The monoisotopic (exact) mass is 499 g/mol. The third-order valence-corrected chi connectivity index (χ3v) is 5.17. The first-order valence-corrected chi connectivity index (χ1v) is 11.9. The molecular formula is C24H38ClN3O6. The van der Waals surface area contributed by atoms with Crippen LogP contribution in [-0.4, -0.2) is 54.0 Å². The molecule has 0 aliphatic rings. The number of amides is 2. The number of carboxylic acids is 1. The first-order chi connectivity index (χ1) is 15.9. The fourth-order valence-corrected chi connectivity index (χ4v) is 3.28. The third kappa shape index (κ3) is 12.6. The molecule has 1 aromatic carbocycles. The minimum Gasteiger partial charge on any atom is -0.480 e. The van der Waals surface area contributed by atoms with Crippen LogP contribution >= 0.6 is 11.6 Å². The van der Waals surface area contributed by atoms with E-state index >= 15 is 0 Å². The van der Waals surface area contributed by atoms with Crippen LogP contribution in [0.15, 0.2) is 24.3 Å². The van der Waals surface area contributed by atoms with Crippen LogP contribution in [0, 0.1) is 5.92 Å². The van der Waals surface area contributed by atoms with Crippen molar-refractivity contribution in [1.82, 2.24) is 16.0 Å². The number of alkyl carbamates (subject to hydrolysis) is 2. The Morgan fingerprint density at radius 2 is 1.76 bits per heavy atom. The van der Waals surface area contributed by atoms with Crippen molar-refractivity contribution >= 4 is 29.8 Å². The Bertz CT molecular complexity index is 797. The molecule has 0 spiro atoms. The van der Waals surface area contributed by atoms with Gasteiger partial charge in [0.15, 0.2) is 0 Å². The van der Waals surface area contributed by atoms with Crippen LogP contribution in [-0.2, 0) is 20.9 Å². The van der Waals surface area contributed by atoms with Crippen LogP contribution in [0.4, 0.5) is 9.59 Å². The molecule has 0 aliphatic carbocycles. The van der Waals surface area contributed by atoms with Crippen LogP contribution in [0.5, 0.6) is 0 Å². The van der Waals surface area contributed by atoms with E-state index in [1.165, 1.54) is 0 Å². The van der Waals surface area contributed by atoms with E-state index in [0.29, 0.717) is 30.8 Å². The minimum atomic E-state index is -0.939. The number of nitrogens with one attached hydrogen (secondary N) is 3. The molecule has 1 aromatic rings.